The Morgan fingerprint density at radius 3 is 2.17 bits per heavy atom. The Hall–Kier alpha value is -0.890. The molecule has 1 aromatic rings. The molecule has 1 aromatic carbocycles. The molecule has 0 aliphatic carbocycles. The Morgan fingerprint density at radius 2 is 1.83 bits per heavy atom. The number of carboxylic acid groups (broad SMARTS) is 1. The van der Waals surface area contributed by atoms with Gasteiger partial charge in [-0.1, -0.05) is 0 Å². The molecule has 0 saturated carbocycles. The Kier molecular flexibility index (Phi) is 4.52. The monoisotopic (exact) mass is 171 g/mol. The zero-order valence-corrected chi connectivity index (χ0v) is 8.52. The van der Waals surface area contributed by atoms with Gasteiger partial charge in [0.05, 0.1) is 5.97 Å². The van der Waals surface area contributed by atoms with Crippen molar-refractivity contribution >= 4 is 11.7 Å². The van der Waals surface area contributed by atoms with Gasteiger partial charge in [0.1, 0.15) is 0 Å². The zero-order chi connectivity index (χ0) is 8.27. The Bertz CT molecular complexity index is 315. The summed E-state index contributed by atoms with van der Waals surface area (Å²) in [4.78, 5) is 13.1. The van der Waals surface area contributed by atoms with E-state index in [4.69, 9.17) is 5.39 Å². The van der Waals surface area contributed by atoms with E-state index in [2.05, 4.69) is 4.98 Å². The van der Waals surface area contributed by atoms with Gasteiger partial charge >= 0.3 is 35.2 Å². The summed E-state index contributed by atoms with van der Waals surface area (Å²) in [7, 11) is 0. The van der Waals surface area contributed by atoms with Crippen molar-refractivity contribution in [3.63, 3.8) is 0 Å². The molecule has 0 bridgehead atoms. The summed E-state index contributed by atoms with van der Waals surface area (Å²) in [5, 5.41) is 18.4. The fourth-order valence-electron chi connectivity index (χ4n) is 0.664. The van der Waals surface area contributed by atoms with Gasteiger partial charge in [0.25, 0.3) is 0 Å². The average Bonchev–Trinajstić information content (AvgIpc) is 2.05. The molecule has 5 heteroatoms. The molecule has 0 N–H and O–H groups in total. The molecule has 1 rings (SSSR count). The molecular weight excluding hydrogens is 167 g/mol. The zero-order valence-electron chi connectivity index (χ0n) is 6.52. The number of hydrogen-bond donors (Lipinski definition) is 0. The molecule has 0 saturated heterocycles. The van der Waals surface area contributed by atoms with Gasteiger partial charge < -0.3 is 9.90 Å². The van der Waals surface area contributed by atoms with Gasteiger partial charge in [0.15, 0.2) is 4.98 Å². The summed E-state index contributed by atoms with van der Waals surface area (Å²) >= 11 is 0. The summed E-state index contributed by atoms with van der Waals surface area (Å²) in [6.07, 6.45) is 0. The molecule has 0 heterocycles. The molecule has 0 aliphatic heterocycles. The molecule has 0 unspecified atom stereocenters. The molecular formula is C7H4N2NaO2+. The fourth-order valence-corrected chi connectivity index (χ4v) is 0.664. The minimum atomic E-state index is -1.24. The molecule has 12 heavy (non-hydrogen) atoms. The van der Waals surface area contributed by atoms with Gasteiger partial charge in [-0.15, -0.1) is 0 Å². The number of nitrogens with zero attached hydrogens (tertiary/aromatic N) is 2. The van der Waals surface area contributed by atoms with Crippen LogP contribution in [0.4, 0.5) is 5.69 Å². The second-order valence-electron chi connectivity index (χ2n) is 1.93. The largest absolute Gasteiger partial charge is 1.00 e. The van der Waals surface area contributed by atoms with Crippen molar-refractivity contribution in [2.45, 2.75) is 0 Å². The van der Waals surface area contributed by atoms with Crippen molar-refractivity contribution in [2.75, 3.05) is 0 Å². The Morgan fingerprint density at radius 1 is 1.33 bits per heavy atom. The molecule has 4 nitrogen and oxygen atoms in total. The van der Waals surface area contributed by atoms with Crippen molar-refractivity contribution in [3.8, 4) is 0 Å². The van der Waals surface area contributed by atoms with Crippen LogP contribution >= 0.6 is 0 Å². The Balaban J connectivity index is 0.00000121. The molecule has 0 atom stereocenters. The summed E-state index contributed by atoms with van der Waals surface area (Å²) in [5.41, 5.74) is 0.382. The quantitative estimate of drug-likeness (QED) is 0.347. The summed E-state index contributed by atoms with van der Waals surface area (Å²) in [5.74, 6) is -1.24. The van der Waals surface area contributed by atoms with E-state index in [1.165, 1.54) is 24.3 Å². The smallest absolute Gasteiger partial charge is 0.545 e. The first-order valence-corrected chi connectivity index (χ1v) is 2.90. The van der Waals surface area contributed by atoms with E-state index in [1.807, 2.05) is 0 Å². The van der Waals surface area contributed by atoms with Gasteiger partial charge in [-0.3, -0.25) is 0 Å². The van der Waals surface area contributed by atoms with Crippen LogP contribution in [0.1, 0.15) is 10.4 Å². The van der Waals surface area contributed by atoms with Crippen LogP contribution in [-0.2, 0) is 0 Å². The number of diazo groups is 1. The first-order chi connectivity index (χ1) is 5.24. The van der Waals surface area contributed by atoms with Crippen LogP contribution < -0.4 is 34.7 Å². The van der Waals surface area contributed by atoms with Crippen molar-refractivity contribution in [1.82, 2.24) is 0 Å². The first-order valence-electron chi connectivity index (χ1n) is 2.90. The van der Waals surface area contributed by atoms with E-state index in [9.17, 15) is 9.90 Å². The normalized spacial score (nSPS) is 7.92. The minimum Gasteiger partial charge on any atom is -0.545 e. The summed E-state index contributed by atoms with van der Waals surface area (Å²) in [6.45, 7) is 0. The minimum absolute atomic E-state index is 0. The molecule has 0 fully saturated rings. The summed E-state index contributed by atoms with van der Waals surface area (Å²) < 4.78 is 0. The second-order valence-corrected chi connectivity index (χ2v) is 1.93. The van der Waals surface area contributed by atoms with E-state index >= 15 is 0 Å². The topological polar surface area (TPSA) is 68.3 Å². The number of carbonyl (C=O) groups is 1. The number of hydrogen-bond acceptors (Lipinski definition) is 3. The number of benzene rings is 1. The maximum absolute atomic E-state index is 10.2. The average molecular weight is 171 g/mol. The van der Waals surface area contributed by atoms with Gasteiger partial charge in [0, 0.05) is 12.1 Å². The molecule has 0 aliphatic rings. The van der Waals surface area contributed by atoms with Crippen molar-refractivity contribution < 1.29 is 39.5 Å². The number of rotatable bonds is 1. The molecule has 54 valence electrons. The standard InChI is InChI=1S/C7H4N2O2.Na/c8-9-6-3-1-5(2-4-6)7(10)11;/h1-4H;/q;+1. The number of carbonyl (C=O) groups excluding carboxylic acids is 1. The van der Waals surface area contributed by atoms with Crippen molar-refractivity contribution in [2.24, 2.45) is 0 Å². The van der Waals surface area contributed by atoms with Crippen LogP contribution in [-0.4, -0.2) is 5.97 Å². The molecule has 0 aromatic heterocycles. The maximum atomic E-state index is 10.2. The molecule has 0 radical (unpaired) electrons. The predicted molar refractivity (Wildman–Crippen MR) is 35.5 cm³/mol. The number of carboxylic acids is 1. The van der Waals surface area contributed by atoms with Gasteiger partial charge in [0.2, 0.25) is 5.39 Å². The molecule has 0 amide bonds. The van der Waals surface area contributed by atoms with Crippen LogP contribution in [0.25, 0.3) is 4.98 Å². The maximum Gasteiger partial charge on any atom is 1.00 e. The predicted octanol–water partition coefficient (Wildman–Crippen LogP) is -2.46. The second kappa shape index (κ2) is 4.88. The SMILES string of the molecule is N#[N+]c1ccc(C(=O)[O-])cc1.[Na+]. The van der Waals surface area contributed by atoms with Crippen LogP contribution in [0, 0.1) is 5.39 Å². The van der Waals surface area contributed by atoms with E-state index in [-0.39, 0.29) is 35.1 Å². The third kappa shape index (κ3) is 2.62. The van der Waals surface area contributed by atoms with E-state index in [0.717, 1.165) is 0 Å². The van der Waals surface area contributed by atoms with Crippen molar-refractivity contribution in [1.29, 1.82) is 5.39 Å². The van der Waals surface area contributed by atoms with E-state index in [0.29, 0.717) is 5.69 Å². The van der Waals surface area contributed by atoms with Gasteiger partial charge in [-0.2, -0.15) is 0 Å². The van der Waals surface area contributed by atoms with Crippen LogP contribution in [0.2, 0.25) is 0 Å². The number of aromatic carboxylic acids is 1. The van der Waals surface area contributed by atoms with E-state index < -0.39 is 5.97 Å². The van der Waals surface area contributed by atoms with Gasteiger partial charge in [-0.25, -0.2) is 0 Å². The third-order valence-electron chi connectivity index (χ3n) is 1.22. The summed E-state index contributed by atoms with van der Waals surface area (Å²) in [6, 6.07) is 5.38. The third-order valence-corrected chi connectivity index (χ3v) is 1.22. The first kappa shape index (κ1) is 11.1. The van der Waals surface area contributed by atoms with E-state index in [1.54, 1.807) is 0 Å². The molecule has 0 spiro atoms. The van der Waals surface area contributed by atoms with Gasteiger partial charge in [-0.05, 0) is 17.7 Å². The van der Waals surface area contributed by atoms with Crippen LogP contribution in [0.15, 0.2) is 24.3 Å². The van der Waals surface area contributed by atoms with Crippen molar-refractivity contribution in [3.05, 3.63) is 34.8 Å². The fraction of sp³-hybridized carbons (Fsp3) is 0. The van der Waals surface area contributed by atoms with Crippen LogP contribution in [0.3, 0.4) is 0 Å². The van der Waals surface area contributed by atoms with Crippen LogP contribution in [0.5, 0.6) is 0 Å². The Labute approximate surface area is 91.1 Å².